The number of nitrogens with two attached hydrogens (primary N) is 1. The number of halogens is 1. The first-order valence-electron chi connectivity index (χ1n) is 7.00. The normalized spacial score (nSPS) is 29.3. The highest BCUT2D eigenvalue weighted by Gasteiger charge is 2.38. The van der Waals surface area contributed by atoms with Gasteiger partial charge in [-0.05, 0) is 59.4 Å². The van der Waals surface area contributed by atoms with Crippen LogP contribution in [0.25, 0.3) is 0 Å². The van der Waals surface area contributed by atoms with Gasteiger partial charge < -0.3 is 10.6 Å². The van der Waals surface area contributed by atoms with Gasteiger partial charge >= 0.3 is 0 Å². The highest BCUT2D eigenvalue weighted by Crippen LogP contribution is 2.38. The van der Waals surface area contributed by atoms with Gasteiger partial charge in [0, 0.05) is 30.9 Å². The van der Waals surface area contributed by atoms with Crippen molar-refractivity contribution in [2.24, 2.45) is 17.6 Å². The molecular formula is C14H18IN3O2. The Kier molecular flexibility index (Phi) is 3.85. The summed E-state index contributed by atoms with van der Waals surface area (Å²) in [5.74, 6) is 1.27. The molecule has 0 aromatic heterocycles. The zero-order chi connectivity index (χ0) is 14.3. The van der Waals surface area contributed by atoms with Crippen LogP contribution in [0.2, 0.25) is 0 Å². The standard InChI is InChI=1S/C14H18IN3O2/c15-12-6-10(4-5-14(12)18(19)20)17-7-9-2-1-3-13(16)11(9)8-17/h4-6,9,11,13H,1-3,7-8,16H2. The molecule has 1 saturated heterocycles. The third-order valence-electron chi connectivity index (χ3n) is 4.65. The molecule has 108 valence electrons. The Hall–Kier alpha value is -0.890. The van der Waals surface area contributed by atoms with Crippen LogP contribution >= 0.6 is 22.6 Å². The average molecular weight is 387 g/mol. The molecule has 1 saturated carbocycles. The number of nitro groups is 1. The molecule has 0 bridgehead atoms. The van der Waals surface area contributed by atoms with Crippen molar-refractivity contribution in [3.05, 3.63) is 31.9 Å². The van der Waals surface area contributed by atoms with Gasteiger partial charge in [0.25, 0.3) is 5.69 Å². The van der Waals surface area contributed by atoms with Crippen molar-refractivity contribution >= 4 is 34.0 Å². The van der Waals surface area contributed by atoms with Crippen LogP contribution in [0.15, 0.2) is 18.2 Å². The number of nitrogens with zero attached hydrogens (tertiary/aromatic N) is 2. The molecule has 2 fully saturated rings. The Morgan fingerprint density at radius 1 is 1.35 bits per heavy atom. The maximum absolute atomic E-state index is 10.9. The Labute approximate surface area is 131 Å². The number of fused-ring (bicyclic) bond motifs is 1. The minimum absolute atomic E-state index is 0.183. The summed E-state index contributed by atoms with van der Waals surface area (Å²) in [6.07, 6.45) is 3.62. The first-order chi connectivity index (χ1) is 9.56. The van der Waals surface area contributed by atoms with Gasteiger partial charge in [0.15, 0.2) is 0 Å². The first kappa shape index (κ1) is 14.1. The summed E-state index contributed by atoms with van der Waals surface area (Å²) < 4.78 is 0.698. The fourth-order valence-electron chi connectivity index (χ4n) is 3.57. The minimum atomic E-state index is -0.328. The van der Waals surface area contributed by atoms with Gasteiger partial charge in [-0.3, -0.25) is 10.1 Å². The van der Waals surface area contributed by atoms with E-state index in [1.54, 1.807) is 6.07 Å². The molecule has 2 aliphatic rings. The van der Waals surface area contributed by atoms with E-state index < -0.39 is 0 Å². The summed E-state index contributed by atoms with van der Waals surface area (Å²) >= 11 is 2.04. The van der Waals surface area contributed by atoms with Crippen molar-refractivity contribution in [2.75, 3.05) is 18.0 Å². The lowest BCUT2D eigenvalue weighted by Gasteiger charge is -2.29. The number of nitro benzene ring substituents is 1. The van der Waals surface area contributed by atoms with Crippen molar-refractivity contribution in [1.82, 2.24) is 0 Å². The molecule has 20 heavy (non-hydrogen) atoms. The van der Waals surface area contributed by atoms with Crippen LogP contribution < -0.4 is 10.6 Å². The van der Waals surface area contributed by atoms with Gasteiger partial charge in [0.2, 0.25) is 0 Å². The Balaban J connectivity index is 1.81. The van der Waals surface area contributed by atoms with Gasteiger partial charge in [0.1, 0.15) is 0 Å². The monoisotopic (exact) mass is 387 g/mol. The number of benzene rings is 1. The number of anilines is 1. The molecule has 1 aromatic carbocycles. The lowest BCUT2D eigenvalue weighted by Crippen LogP contribution is -2.38. The molecular weight excluding hydrogens is 369 g/mol. The van der Waals surface area contributed by atoms with Crippen LogP contribution in [0.3, 0.4) is 0 Å². The summed E-state index contributed by atoms with van der Waals surface area (Å²) in [7, 11) is 0. The van der Waals surface area contributed by atoms with Crippen LogP contribution in [0.1, 0.15) is 19.3 Å². The van der Waals surface area contributed by atoms with Crippen LogP contribution in [0.5, 0.6) is 0 Å². The Bertz CT molecular complexity index is 537. The van der Waals surface area contributed by atoms with E-state index in [1.165, 1.54) is 12.8 Å². The fraction of sp³-hybridized carbons (Fsp3) is 0.571. The van der Waals surface area contributed by atoms with E-state index in [4.69, 9.17) is 5.73 Å². The van der Waals surface area contributed by atoms with Crippen molar-refractivity contribution < 1.29 is 4.92 Å². The maximum atomic E-state index is 10.9. The molecule has 1 aliphatic heterocycles. The zero-order valence-electron chi connectivity index (χ0n) is 11.2. The summed E-state index contributed by atoms with van der Waals surface area (Å²) in [6, 6.07) is 5.71. The quantitative estimate of drug-likeness (QED) is 0.481. The van der Waals surface area contributed by atoms with Crippen LogP contribution in [-0.2, 0) is 0 Å². The van der Waals surface area contributed by atoms with E-state index in [0.29, 0.717) is 21.4 Å². The summed E-state index contributed by atoms with van der Waals surface area (Å²) in [5, 5.41) is 10.9. The SMILES string of the molecule is NC1CCCC2CN(c3ccc([N+](=O)[O-])c(I)c3)CC12. The van der Waals surface area contributed by atoms with Crippen molar-refractivity contribution in [1.29, 1.82) is 0 Å². The second-order valence-corrected chi connectivity index (χ2v) is 6.98. The molecule has 5 nitrogen and oxygen atoms in total. The van der Waals surface area contributed by atoms with E-state index in [-0.39, 0.29) is 10.6 Å². The lowest BCUT2D eigenvalue weighted by atomic mass is 9.78. The highest BCUT2D eigenvalue weighted by atomic mass is 127. The minimum Gasteiger partial charge on any atom is -0.371 e. The molecule has 6 heteroatoms. The summed E-state index contributed by atoms with van der Waals surface area (Å²) in [6.45, 7) is 2.02. The van der Waals surface area contributed by atoms with Crippen LogP contribution in [0, 0.1) is 25.5 Å². The number of rotatable bonds is 2. The molecule has 0 radical (unpaired) electrons. The smallest absolute Gasteiger partial charge is 0.282 e. The Morgan fingerprint density at radius 3 is 2.80 bits per heavy atom. The molecule has 3 atom stereocenters. The van der Waals surface area contributed by atoms with Crippen molar-refractivity contribution in [3.63, 3.8) is 0 Å². The number of hydrogen-bond acceptors (Lipinski definition) is 4. The van der Waals surface area contributed by atoms with E-state index >= 15 is 0 Å². The zero-order valence-corrected chi connectivity index (χ0v) is 13.3. The molecule has 1 aliphatic carbocycles. The van der Waals surface area contributed by atoms with Gasteiger partial charge in [-0.2, -0.15) is 0 Å². The van der Waals surface area contributed by atoms with E-state index in [1.807, 2.05) is 34.7 Å². The summed E-state index contributed by atoms with van der Waals surface area (Å²) in [5.41, 5.74) is 7.50. The predicted octanol–water partition coefficient (Wildman–Crippen LogP) is 2.76. The highest BCUT2D eigenvalue weighted by molar-refractivity contribution is 14.1. The third-order valence-corrected chi connectivity index (χ3v) is 5.51. The summed E-state index contributed by atoms with van der Waals surface area (Å²) in [4.78, 5) is 12.9. The van der Waals surface area contributed by atoms with E-state index in [0.717, 1.165) is 25.2 Å². The van der Waals surface area contributed by atoms with Gasteiger partial charge in [0.05, 0.1) is 8.49 Å². The van der Waals surface area contributed by atoms with Crippen molar-refractivity contribution in [2.45, 2.75) is 25.3 Å². The molecule has 3 rings (SSSR count). The third kappa shape index (κ3) is 2.50. The van der Waals surface area contributed by atoms with E-state index in [2.05, 4.69) is 4.90 Å². The molecule has 0 spiro atoms. The fourth-order valence-corrected chi connectivity index (χ4v) is 4.26. The predicted molar refractivity (Wildman–Crippen MR) is 86.8 cm³/mol. The average Bonchev–Trinajstić information content (AvgIpc) is 2.83. The lowest BCUT2D eigenvalue weighted by molar-refractivity contribution is -0.385. The van der Waals surface area contributed by atoms with E-state index in [9.17, 15) is 10.1 Å². The molecule has 1 heterocycles. The molecule has 1 aromatic rings. The number of hydrogen-bond donors (Lipinski definition) is 1. The maximum Gasteiger partial charge on any atom is 0.282 e. The molecule has 0 amide bonds. The first-order valence-corrected chi connectivity index (χ1v) is 8.08. The van der Waals surface area contributed by atoms with Crippen LogP contribution in [-0.4, -0.2) is 24.1 Å². The van der Waals surface area contributed by atoms with Crippen LogP contribution in [0.4, 0.5) is 11.4 Å². The Morgan fingerprint density at radius 2 is 2.15 bits per heavy atom. The van der Waals surface area contributed by atoms with Crippen molar-refractivity contribution in [3.8, 4) is 0 Å². The molecule has 3 unspecified atom stereocenters. The largest absolute Gasteiger partial charge is 0.371 e. The topological polar surface area (TPSA) is 72.4 Å². The van der Waals surface area contributed by atoms with Gasteiger partial charge in [-0.15, -0.1) is 0 Å². The van der Waals surface area contributed by atoms with Gasteiger partial charge in [-0.25, -0.2) is 0 Å². The van der Waals surface area contributed by atoms with Gasteiger partial charge in [-0.1, -0.05) is 6.42 Å². The second-order valence-electron chi connectivity index (χ2n) is 5.82. The molecule has 2 N–H and O–H groups in total. The second kappa shape index (κ2) is 5.48.